The molecule has 1 aromatic heterocycles. The lowest BCUT2D eigenvalue weighted by atomic mass is 10.2. The number of carboxylic acids is 1. The summed E-state index contributed by atoms with van der Waals surface area (Å²) < 4.78 is 1.92. The molecule has 1 fully saturated rings. The van der Waals surface area contributed by atoms with E-state index in [1.807, 2.05) is 17.9 Å². The van der Waals surface area contributed by atoms with E-state index < -0.39 is 5.97 Å². The lowest BCUT2D eigenvalue weighted by Crippen LogP contribution is -2.47. The van der Waals surface area contributed by atoms with Crippen LogP contribution in [0.4, 0.5) is 0 Å². The molecule has 0 bridgehead atoms. The number of piperazine rings is 1. The summed E-state index contributed by atoms with van der Waals surface area (Å²) in [6, 6.07) is 2.06. The van der Waals surface area contributed by atoms with Crippen molar-refractivity contribution in [3.63, 3.8) is 0 Å². The molecular formula is C13H22N4O2. The minimum Gasteiger partial charge on any atom is -0.481 e. The monoisotopic (exact) mass is 266 g/mol. The average molecular weight is 266 g/mol. The molecule has 106 valence electrons. The first-order valence-electron chi connectivity index (χ1n) is 6.78. The molecule has 0 atom stereocenters. The molecule has 6 heteroatoms. The van der Waals surface area contributed by atoms with E-state index in [-0.39, 0.29) is 6.42 Å². The van der Waals surface area contributed by atoms with Crippen molar-refractivity contribution in [2.45, 2.75) is 12.8 Å². The molecule has 0 aliphatic carbocycles. The maximum Gasteiger partial charge on any atom is 0.304 e. The van der Waals surface area contributed by atoms with Gasteiger partial charge in [-0.2, -0.15) is 5.10 Å². The van der Waals surface area contributed by atoms with Gasteiger partial charge in [-0.15, -0.1) is 0 Å². The Morgan fingerprint density at radius 2 is 1.89 bits per heavy atom. The van der Waals surface area contributed by atoms with Gasteiger partial charge in [-0.05, 0) is 6.07 Å². The van der Waals surface area contributed by atoms with Crippen LogP contribution < -0.4 is 0 Å². The van der Waals surface area contributed by atoms with Gasteiger partial charge in [0, 0.05) is 64.6 Å². The minimum absolute atomic E-state index is 0.245. The van der Waals surface area contributed by atoms with E-state index >= 15 is 0 Å². The van der Waals surface area contributed by atoms with Crippen molar-refractivity contribution < 1.29 is 9.90 Å². The number of aliphatic carboxylic acids is 1. The average Bonchev–Trinajstić information content (AvgIpc) is 2.81. The molecule has 1 aliphatic heterocycles. The lowest BCUT2D eigenvalue weighted by molar-refractivity contribution is -0.137. The van der Waals surface area contributed by atoms with E-state index in [4.69, 9.17) is 5.11 Å². The number of hydrogen-bond donors (Lipinski definition) is 1. The Hall–Kier alpha value is -1.40. The lowest BCUT2D eigenvalue weighted by Gasteiger charge is -2.34. The van der Waals surface area contributed by atoms with Gasteiger partial charge in [-0.25, -0.2) is 0 Å². The van der Waals surface area contributed by atoms with E-state index in [2.05, 4.69) is 21.0 Å². The van der Waals surface area contributed by atoms with E-state index in [0.717, 1.165) is 39.1 Å². The number of carboxylic acid groups (broad SMARTS) is 1. The van der Waals surface area contributed by atoms with Gasteiger partial charge in [-0.1, -0.05) is 0 Å². The van der Waals surface area contributed by atoms with Crippen molar-refractivity contribution in [3.8, 4) is 0 Å². The van der Waals surface area contributed by atoms with E-state index in [1.54, 1.807) is 0 Å². The van der Waals surface area contributed by atoms with Crippen molar-refractivity contribution >= 4 is 5.97 Å². The summed E-state index contributed by atoms with van der Waals surface area (Å²) >= 11 is 0. The predicted molar refractivity (Wildman–Crippen MR) is 72.0 cm³/mol. The highest BCUT2D eigenvalue weighted by atomic mass is 16.4. The maximum atomic E-state index is 10.5. The van der Waals surface area contributed by atoms with Crippen molar-refractivity contribution in [2.75, 3.05) is 39.3 Å². The summed E-state index contributed by atoms with van der Waals surface area (Å²) in [5, 5.41) is 12.8. The van der Waals surface area contributed by atoms with Crippen LogP contribution in [0, 0.1) is 0 Å². The van der Waals surface area contributed by atoms with Crippen LogP contribution in [0.5, 0.6) is 0 Å². The zero-order valence-corrected chi connectivity index (χ0v) is 11.5. The molecule has 6 nitrogen and oxygen atoms in total. The number of aryl methyl sites for hydroxylation is 1. The third kappa shape index (κ3) is 4.33. The molecule has 0 spiro atoms. The zero-order valence-electron chi connectivity index (χ0n) is 11.5. The van der Waals surface area contributed by atoms with Crippen LogP contribution in [0.3, 0.4) is 0 Å². The second-order valence-electron chi connectivity index (χ2n) is 5.02. The third-order valence-corrected chi connectivity index (χ3v) is 3.71. The fraction of sp³-hybridized carbons (Fsp3) is 0.692. The molecule has 0 unspecified atom stereocenters. The summed E-state index contributed by atoms with van der Waals surface area (Å²) in [6.45, 7) is 5.71. The van der Waals surface area contributed by atoms with Crippen LogP contribution in [-0.4, -0.2) is 69.9 Å². The third-order valence-electron chi connectivity index (χ3n) is 3.71. The second-order valence-corrected chi connectivity index (χ2v) is 5.02. The normalized spacial score (nSPS) is 17.7. The Morgan fingerprint density at radius 1 is 1.26 bits per heavy atom. The molecule has 1 aromatic rings. The van der Waals surface area contributed by atoms with Gasteiger partial charge < -0.3 is 14.9 Å². The molecular weight excluding hydrogens is 244 g/mol. The second kappa shape index (κ2) is 6.68. The Balaban J connectivity index is 1.66. The fourth-order valence-electron chi connectivity index (χ4n) is 2.41. The number of hydrogen-bond acceptors (Lipinski definition) is 4. The molecule has 2 heterocycles. The van der Waals surface area contributed by atoms with E-state index in [9.17, 15) is 4.79 Å². The highest BCUT2D eigenvalue weighted by Gasteiger charge is 2.17. The van der Waals surface area contributed by atoms with Crippen LogP contribution in [0.25, 0.3) is 0 Å². The molecule has 19 heavy (non-hydrogen) atoms. The molecule has 0 amide bonds. The summed E-state index contributed by atoms with van der Waals surface area (Å²) in [5.74, 6) is -0.710. The first-order chi connectivity index (χ1) is 9.15. The highest BCUT2D eigenvalue weighted by molar-refractivity contribution is 5.66. The summed E-state index contributed by atoms with van der Waals surface area (Å²) in [6.07, 6.45) is 3.10. The van der Waals surface area contributed by atoms with Crippen LogP contribution in [0.2, 0.25) is 0 Å². The molecule has 0 aromatic carbocycles. The van der Waals surface area contributed by atoms with Gasteiger partial charge in [-0.3, -0.25) is 9.48 Å². The number of rotatable bonds is 6. The van der Waals surface area contributed by atoms with Gasteiger partial charge in [0.15, 0.2) is 0 Å². The van der Waals surface area contributed by atoms with Gasteiger partial charge in [0.2, 0.25) is 0 Å². The topological polar surface area (TPSA) is 61.6 Å². The SMILES string of the molecule is Cn1nccc1CCN1CCN(CCC(=O)O)CC1. The van der Waals surface area contributed by atoms with Gasteiger partial charge in [0.05, 0.1) is 6.42 Å². The Labute approximate surface area is 113 Å². The Kier molecular flexibility index (Phi) is 4.93. The van der Waals surface area contributed by atoms with Crippen LogP contribution >= 0.6 is 0 Å². The van der Waals surface area contributed by atoms with Crippen molar-refractivity contribution in [1.29, 1.82) is 0 Å². The van der Waals surface area contributed by atoms with Crippen molar-refractivity contribution in [1.82, 2.24) is 19.6 Å². The quantitative estimate of drug-likeness (QED) is 0.788. The molecule has 0 radical (unpaired) electrons. The smallest absolute Gasteiger partial charge is 0.304 e. The highest BCUT2D eigenvalue weighted by Crippen LogP contribution is 2.05. The first-order valence-corrected chi connectivity index (χ1v) is 6.78. The molecule has 1 saturated heterocycles. The van der Waals surface area contributed by atoms with Crippen LogP contribution in [0.15, 0.2) is 12.3 Å². The minimum atomic E-state index is -0.710. The maximum absolute atomic E-state index is 10.5. The largest absolute Gasteiger partial charge is 0.481 e. The molecule has 1 N–H and O–H groups in total. The number of aromatic nitrogens is 2. The molecule has 0 saturated carbocycles. The zero-order chi connectivity index (χ0) is 13.7. The van der Waals surface area contributed by atoms with Crippen LogP contribution in [-0.2, 0) is 18.3 Å². The van der Waals surface area contributed by atoms with Crippen molar-refractivity contribution in [2.24, 2.45) is 7.05 Å². The van der Waals surface area contributed by atoms with E-state index in [0.29, 0.717) is 6.54 Å². The summed E-state index contributed by atoms with van der Waals surface area (Å²) in [4.78, 5) is 15.2. The van der Waals surface area contributed by atoms with Crippen LogP contribution in [0.1, 0.15) is 12.1 Å². The predicted octanol–water partition coefficient (Wildman–Crippen LogP) is 0.0549. The van der Waals surface area contributed by atoms with E-state index in [1.165, 1.54) is 5.69 Å². The molecule has 2 rings (SSSR count). The molecule has 1 aliphatic rings. The summed E-state index contributed by atoms with van der Waals surface area (Å²) in [5.41, 5.74) is 1.26. The standard InChI is InChI=1S/C13H22N4O2/c1-15-12(2-5-14-15)3-6-16-8-10-17(11-9-16)7-4-13(18)19/h2,5H,3-4,6-11H2,1H3,(H,18,19). The Morgan fingerprint density at radius 3 is 2.42 bits per heavy atom. The number of nitrogens with zero attached hydrogens (tertiary/aromatic N) is 4. The fourth-order valence-corrected chi connectivity index (χ4v) is 2.41. The number of carbonyl (C=O) groups is 1. The Bertz CT molecular complexity index is 411. The van der Waals surface area contributed by atoms with Gasteiger partial charge in [0.25, 0.3) is 0 Å². The van der Waals surface area contributed by atoms with Crippen molar-refractivity contribution in [3.05, 3.63) is 18.0 Å². The van der Waals surface area contributed by atoms with Gasteiger partial charge >= 0.3 is 5.97 Å². The summed E-state index contributed by atoms with van der Waals surface area (Å²) in [7, 11) is 1.97. The van der Waals surface area contributed by atoms with Gasteiger partial charge in [0.1, 0.15) is 0 Å². The first kappa shape index (κ1) is 14.0.